The fourth-order valence-electron chi connectivity index (χ4n) is 4.18. The number of allylic oxidation sites excluding steroid dienone is 1. The maximum atomic E-state index is 12.8. The summed E-state index contributed by atoms with van der Waals surface area (Å²) in [5.41, 5.74) is -3.17. The smallest absolute Gasteiger partial charge is 0.343 e. The SMILES string of the molecule is CC=CC1(O)CC2=C(OC(=O)C2C=O)C2=C(C(=O)CCCCC)C(=O)OC21C. The van der Waals surface area contributed by atoms with E-state index in [4.69, 9.17) is 9.47 Å². The number of carbonyl (C=O) groups excluding carboxylic acids is 4. The Balaban J connectivity index is 2.21. The Bertz CT molecular complexity index is 847. The number of unbranched alkanes of at least 4 members (excludes halogenated alkanes) is 2. The van der Waals surface area contributed by atoms with E-state index < -0.39 is 34.8 Å². The van der Waals surface area contributed by atoms with Crippen LogP contribution in [0.25, 0.3) is 0 Å². The van der Waals surface area contributed by atoms with E-state index >= 15 is 0 Å². The number of aldehydes is 1. The summed E-state index contributed by atoms with van der Waals surface area (Å²) in [6, 6.07) is 0. The van der Waals surface area contributed by atoms with E-state index in [0.29, 0.717) is 12.7 Å². The molecule has 7 nitrogen and oxygen atoms in total. The average molecular weight is 388 g/mol. The number of esters is 2. The summed E-state index contributed by atoms with van der Waals surface area (Å²) in [5, 5.41) is 11.4. The zero-order valence-corrected chi connectivity index (χ0v) is 16.2. The number of carbonyl (C=O) groups is 4. The van der Waals surface area contributed by atoms with E-state index in [1.165, 1.54) is 13.0 Å². The first-order valence-electron chi connectivity index (χ1n) is 9.52. The van der Waals surface area contributed by atoms with Crippen LogP contribution in [0.5, 0.6) is 0 Å². The Hall–Kier alpha value is -2.54. The molecule has 7 heteroatoms. The highest BCUT2D eigenvalue weighted by molar-refractivity contribution is 6.20. The van der Waals surface area contributed by atoms with Gasteiger partial charge in [-0.3, -0.25) is 9.59 Å². The van der Waals surface area contributed by atoms with Crippen LogP contribution in [0, 0.1) is 5.92 Å². The Morgan fingerprint density at radius 1 is 1.32 bits per heavy atom. The summed E-state index contributed by atoms with van der Waals surface area (Å²) < 4.78 is 10.8. The first-order valence-corrected chi connectivity index (χ1v) is 9.52. The second kappa shape index (κ2) is 7.13. The predicted molar refractivity (Wildman–Crippen MR) is 97.7 cm³/mol. The summed E-state index contributed by atoms with van der Waals surface area (Å²) in [6.07, 6.45) is 5.88. The maximum Gasteiger partial charge on any atom is 0.343 e. The molecular formula is C21H24O7. The molecule has 0 saturated carbocycles. The van der Waals surface area contributed by atoms with Crippen LogP contribution in [0.1, 0.15) is 52.9 Å². The van der Waals surface area contributed by atoms with Crippen molar-refractivity contribution in [2.45, 2.75) is 64.1 Å². The van der Waals surface area contributed by atoms with Crippen LogP contribution in [0.4, 0.5) is 0 Å². The van der Waals surface area contributed by atoms with Gasteiger partial charge in [-0.1, -0.05) is 31.9 Å². The zero-order valence-electron chi connectivity index (χ0n) is 16.2. The molecule has 1 aliphatic carbocycles. The molecule has 0 aromatic carbocycles. The van der Waals surface area contributed by atoms with Gasteiger partial charge in [-0.15, -0.1) is 0 Å². The normalized spacial score (nSPS) is 31.8. The van der Waals surface area contributed by atoms with Crippen molar-refractivity contribution < 1.29 is 33.8 Å². The lowest BCUT2D eigenvalue weighted by molar-refractivity contribution is -0.164. The number of hydrogen-bond acceptors (Lipinski definition) is 7. The molecule has 0 aromatic rings. The third-order valence-electron chi connectivity index (χ3n) is 5.73. The minimum Gasteiger partial charge on any atom is -0.447 e. The standard InChI is InChI=1S/C21H24O7/c1-4-6-7-8-14(23)15-16-17-12(13(11-22)18(24)27-17)10-21(26,9-5-2)20(16,3)28-19(15)25/h5,9,11,13,26H,4,6-8,10H2,1-3H3. The molecule has 3 aliphatic rings. The van der Waals surface area contributed by atoms with Crippen molar-refractivity contribution in [1.82, 2.24) is 0 Å². The summed E-state index contributed by atoms with van der Waals surface area (Å²) in [6.45, 7) is 5.19. The van der Waals surface area contributed by atoms with Crippen LogP contribution in [0.3, 0.4) is 0 Å². The molecule has 28 heavy (non-hydrogen) atoms. The van der Waals surface area contributed by atoms with Gasteiger partial charge in [0.2, 0.25) is 0 Å². The van der Waals surface area contributed by atoms with Crippen molar-refractivity contribution in [3.05, 3.63) is 34.6 Å². The highest BCUT2D eigenvalue weighted by Crippen LogP contribution is 2.55. The molecule has 0 saturated heterocycles. The van der Waals surface area contributed by atoms with E-state index in [1.807, 2.05) is 6.92 Å². The number of ketones is 1. The summed E-state index contributed by atoms with van der Waals surface area (Å²) in [7, 11) is 0. The van der Waals surface area contributed by atoms with Crippen molar-refractivity contribution in [2.24, 2.45) is 5.92 Å². The van der Waals surface area contributed by atoms with Crippen molar-refractivity contribution in [3.8, 4) is 0 Å². The minimum atomic E-state index is -1.72. The molecule has 0 aromatic heterocycles. The lowest BCUT2D eigenvalue weighted by Crippen LogP contribution is -2.55. The van der Waals surface area contributed by atoms with Crippen LogP contribution in [0.2, 0.25) is 0 Å². The minimum absolute atomic E-state index is 0.0171. The van der Waals surface area contributed by atoms with Crippen molar-refractivity contribution in [3.63, 3.8) is 0 Å². The third-order valence-corrected chi connectivity index (χ3v) is 5.73. The van der Waals surface area contributed by atoms with Crippen LogP contribution in [-0.2, 0) is 28.7 Å². The second-order valence-electron chi connectivity index (χ2n) is 7.54. The number of ether oxygens (including phenoxy) is 2. The van der Waals surface area contributed by atoms with Crippen molar-refractivity contribution in [1.29, 1.82) is 0 Å². The van der Waals surface area contributed by atoms with Gasteiger partial charge < -0.3 is 19.4 Å². The lowest BCUT2D eigenvalue weighted by Gasteiger charge is -2.44. The number of aliphatic hydroxyl groups is 1. The van der Waals surface area contributed by atoms with Gasteiger partial charge in [-0.25, -0.2) is 4.79 Å². The van der Waals surface area contributed by atoms with E-state index in [-0.39, 0.29) is 35.3 Å². The molecule has 3 atom stereocenters. The Morgan fingerprint density at radius 2 is 2.04 bits per heavy atom. The van der Waals surface area contributed by atoms with E-state index in [1.54, 1.807) is 13.0 Å². The Kier molecular flexibility index (Phi) is 5.14. The maximum absolute atomic E-state index is 12.8. The van der Waals surface area contributed by atoms with Crippen LogP contribution in [0.15, 0.2) is 34.6 Å². The summed E-state index contributed by atoms with van der Waals surface area (Å²) in [4.78, 5) is 49.1. The number of rotatable bonds is 7. The first kappa shape index (κ1) is 20.2. The third kappa shape index (κ3) is 2.76. The zero-order chi connectivity index (χ0) is 20.7. The topological polar surface area (TPSA) is 107 Å². The van der Waals surface area contributed by atoms with E-state index in [0.717, 1.165) is 12.8 Å². The first-order chi connectivity index (χ1) is 13.2. The fraction of sp³-hybridized carbons (Fsp3) is 0.524. The van der Waals surface area contributed by atoms with Crippen LogP contribution in [-0.4, -0.2) is 40.3 Å². The molecule has 0 radical (unpaired) electrons. The number of Topliss-reactive ketones (excluding diaryl/α,β-unsaturated/α-hetero) is 1. The quantitative estimate of drug-likeness (QED) is 0.178. The average Bonchev–Trinajstić information content (AvgIpc) is 3.08. The number of fused-ring (bicyclic) bond motifs is 2. The summed E-state index contributed by atoms with van der Waals surface area (Å²) >= 11 is 0. The number of hydrogen-bond donors (Lipinski definition) is 1. The lowest BCUT2D eigenvalue weighted by atomic mass is 9.67. The van der Waals surface area contributed by atoms with Crippen molar-refractivity contribution in [2.75, 3.05) is 0 Å². The predicted octanol–water partition coefficient (Wildman–Crippen LogP) is 2.08. The molecule has 0 spiro atoms. The molecule has 0 bridgehead atoms. The molecular weight excluding hydrogens is 364 g/mol. The largest absolute Gasteiger partial charge is 0.447 e. The van der Waals surface area contributed by atoms with Gasteiger partial charge in [0.25, 0.3) is 0 Å². The van der Waals surface area contributed by atoms with E-state index in [2.05, 4.69) is 0 Å². The van der Waals surface area contributed by atoms with E-state index in [9.17, 15) is 24.3 Å². The Labute approximate surface area is 163 Å². The van der Waals surface area contributed by atoms with Gasteiger partial charge in [0, 0.05) is 12.8 Å². The molecule has 1 N–H and O–H groups in total. The molecule has 0 amide bonds. The van der Waals surface area contributed by atoms with Crippen LogP contribution < -0.4 is 0 Å². The van der Waals surface area contributed by atoms with Gasteiger partial charge >= 0.3 is 11.9 Å². The van der Waals surface area contributed by atoms with Gasteiger partial charge in [-0.05, 0) is 25.8 Å². The highest BCUT2D eigenvalue weighted by atomic mass is 16.6. The molecule has 3 rings (SSSR count). The second-order valence-corrected chi connectivity index (χ2v) is 7.54. The van der Waals surface area contributed by atoms with Crippen LogP contribution >= 0.6 is 0 Å². The molecule has 0 fully saturated rings. The molecule has 150 valence electrons. The van der Waals surface area contributed by atoms with Gasteiger partial charge in [0.05, 0.1) is 5.57 Å². The summed E-state index contributed by atoms with van der Waals surface area (Å²) in [5.74, 6) is -3.20. The van der Waals surface area contributed by atoms with Gasteiger partial charge in [-0.2, -0.15) is 0 Å². The molecule has 3 unspecified atom stereocenters. The fourth-order valence-corrected chi connectivity index (χ4v) is 4.18. The molecule has 2 heterocycles. The van der Waals surface area contributed by atoms with Crippen molar-refractivity contribution >= 4 is 24.0 Å². The van der Waals surface area contributed by atoms with Gasteiger partial charge in [0.15, 0.2) is 11.4 Å². The highest BCUT2D eigenvalue weighted by Gasteiger charge is 2.64. The van der Waals surface area contributed by atoms with Gasteiger partial charge in [0.1, 0.15) is 29.1 Å². The molecule has 2 aliphatic heterocycles. The Morgan fingerprint density at radius 3 is 2.64 bits per heavy atom. The monoisotopic (exact) mass is 388 g/mol.